The van der Waals surface area contributed by atoms with Gasteiger partial charge in [0.2, 0.25) is 0 Å². The maximum Gasteiger partial charge on any atom is 0.295 e. The number of likely N-dealkylation sites (tertiary alicyclic amines) is 1. The Kier molecular flexibility index (Phi) is 5.66. The van der Waals surface area contributed by atoms with E-state index in [1.165, 1.54) is 4.90 Å². The molecule has 1 amide bonds. The van der Waals surface area contributed by atoms with Gasteiger partial charge in [-0.1, -0.05) is 30.3 Å². The van der Waals surface area contributed by atoms with Crippen LogP contribution in [0.2, 0.25) is 0 Å². The fourth-order valence-electron chi connectivity index (χ4n) is 3.36. The lowest BCUT2D eigenvalue weighted by Gasteiger charge is -2.25. The minimum Gasteiger partial charge on any atom is -0.507 e. The molecule has 1 saturated heterocycles. The number of Topliss-reactive ketones (excluding diaryl/α,β-unsaturated/α-hetero) is 1. The lowest BCUT2D eigenvalue weighted by Crippen LogP contribution is -3.05. The van der Waals surface area contributed by atoms with Crippen LogP contribution >= 0.6 is 0 Å². The molecule has 0 bridgehead atoms. The van der Waals surface area contributed by atoms with Crippen molar-refractivity contribution < 1.29 is 19.6 Å². The molecule has 0 saturated carbocycles. The SMILES string of the molecule is C[NH+](C)CCCN1C(=O)C(=O)C(=C(O)c2ccccc2)[C@H]1c1ccncc1. The number of benzene rings is 1. The monoisotopic (exact) mass is 366 g/mol. The Hall–Kier alpha value is -2.99. The third-order valence-electron chi connectivity index (χ3n) is 4.68. The molecule has 1 aromatic heterocycles. The number of amides is 1. The van der Waals surface area contributed by atoms with Crippen LogP contribution in [0.15, 0.2) is 60.4 Å². The maximum absolute atomic E-state index is 12.8. The first kappa shape index (κ1) is 18.8. The van der Waals surface area contributed by atoms with E-state index in [-0.39, 0.29) is 11.3 Å². The highest BCUT2D eigenvalue weighted by Gasteiger charge is 2.45. The quantitative estimate of drug-likeness (QED) is 0.455. The molecule has 2 heterocycles. The van der Waals surface area contributed by atoms with Gasteiger partial charge in [0, 0.05) is 30.9 Å². The van der Waals surface area contributed by atoms with Crippen molar-refractivity contribution in [2.45, 2.75) is 12.5 Å². The summed E-state index contributed by atoms with van der Waals surface area (Å²) in [6, 6.07) is 11.8. The molecular weight excluding hydrogens is 342 g/mol. The van der Waals surface area contributed by atoms with Crippen molar-refractivity contribution in [2.24, 2.45) is 0 Å². The van der Waals surface area contributed by atoms with Gasteiger partial charge in [0.05, 0.1) is 32.3 Å². The molecule has 140 valence electrons. The highest BCUT2D eigenvalue weighted by atomic mass is 16.3. The number of carbonyl (C=O) groups excluding carboxylic acids is 2. The van der Waals surface area contributed by atoms with Crippen LogP contribution in [0.1, 0.15) is 23.6 Å². The lowest BCUT2D eigenvalue weighted by atomic mass is 9.96. The summed E-state index contributed by atoms with van der Waals surface area (Å²) in [5.74, 6) is -1.35. The number of carbonyl (C=O) groups is 2. The number of rotatable bonds is 6. The predicted octanol–water partition coefficient (Wildman–Crippen LogP) is 1.04. The van der Waals surface area contributed by atoms with E-state index in [1.807, 2.05) is 20.2 Å². The predicted molar refractivity (Wildman–Crippen MR) is 102 cm³/mol. The topological polar surface area (TPSA) is 74.9 Å². The maximum atomic E-state index is 12.8. The zero-order valence-electron chi connectivity index (χ0n) is 15.6. The van der Waals surface area contributed by atoms with Gasteiger partial charge >= 0.3 is 0 Å². The summed E-state index contributed by atoms with van der Waals surface area (Å²) in [5.41, 5.74) is 1.42. The van der Waals surface area contributed by atoms with Crippen molar-refractivity contribution in [1.82, 2.24) is 9.88 Å². The fourth-order valence-corrected chi connectivity index (χ4v) is 3.36. The summed E-state index contributed by atoms with van der Waals surface area (Å²) in [4.78, 5) is 32.4. The van der Waals surface area contributed by atoms with Gasteiger partial charge in [-0.15, -0.1) is 0 Å². The minimum atomic E-state index is -0.643. The molecule has 2 N–H and O–H groups in total. The standard InChI is InChI=1S/C21H23N3O3/c1-23(2)13-6-14-24-18(15-9-11-22-12-10-15)17(20(26)21(24)27)19(25)16-7-4-3-5-8-16/h3-5,7-12,18,25H,6,13-14H2,1-2H3/p+1/t18-/m1/s1. The second kappa shape index (κ2) is 8.14. The molecule has 1 atom stereocenters. The van der Waals surface area contributed by atoms with Crippen LogP contribution in [0.3, 0.4) is 0 Å². The third kappa shape index (κ3) is 3.90. The van der Waals surface area contributed by atoms with Crippen LogP contribution in [-0.4, -0.2) is 53.9 Å². The van der Waals surface area contributed by atoms with Crippen LogP contribution < -0.4 is 4.90 Å². The molecule has 0 unspecified atom stereocenters. The molecule has 0 radical (unpaired) electrons. The Bertz CT molecular complexity index is 847. The van der Waals surface area contributed by atoms with E-state index in [0.717, 1.165) is 18.5 Å². The minimum absolute atomic E-state index is 0.134. The zero-order chi connectivity index (χ0) is 19.4. The highest BCUT2D eigenvalue weighted by Crippen LogP contribution is 2.39. The van der Waals surface area contributed by atoms with Crippen LogP contribution in [-0.2, 0) is 9.59 Å². The number of aliphatic hydroxyl groups excluding tert-OH is 1. The van der Waals surface area contributed by atoms with Gasteiger partial charge in [-0.25, -0.2) is 0 Å². The average Bonchev–Trinajstić information content (AvgIpc) is 2.93. The van der Waals surface area contributed by atoms with Gasteiger partial charge in [-0.2, -0.15) is 0 Å². The van der Waals surface area contributed by atoms with E-state index in [1.54, 1.807) is 53.7 Å². The van der Waals surface area contributed by atoms with Gasteiger partial charge in [-0.05, 0) is 17.7 Å². The molecular formula is C21H24N3O3+. The van der Waals surface area contributed by atoms with Gasteiger partial charge in [0.15, 0.2) is 0 Å². The summed E-state index contributed by atoms with van der Waals surface area (Å²) < 4.78 is 0. The number of nitrogens with zero attached hydrogens (tertiary/aromatic N) is 2. The first-order valence-electron chi connectivity index (χ1n) is 9.03. The molecule has 27 heavy (non-hydrogen) atoms. The molecule has 2 aromatic rings. The van der Waals surface area contributed by atoms with Gasteiger partial charge in [0.1, 0.15) is 5.76 Å². The number of hydrogen-bond donors (Lipinski definition) is 2. The Labute approximate surface area is 158 Å². The van der Waals surface area contributed by atoms with E-state index < -0.39 is 17.7 Å². The van der Waals surface area contributed by atoms with Gasteiger partial charge in [0.25, 0.3) is 11.7 Å². The van der Waals surface area contributed by atoms with Crippen LogP contribution in [0.5, 0.6) is 0 Å². The van der Waals surface area contributed by atoms with E-state index in [0.29, 0.717) is 12.1 Å². The summed E-state index contributed by atoms with van der Waals surface area (Å²) in [7, 11) is 4.09. The summed E-state index contributed by atoms with van der Waals surface area (Å²) in [6.07, 6.45) is 4.02. The number of quaternary nitrogens is 1. The van der Waals surface area contributed by atoms with E-state index in [9.17, 15) is 14.7 Å². The largest absolute Gasteiger partial charge is 0.507 e. The molecule has 0 aliphatic carbocycles. The lowest BCUT2D eigenvalue weighted by molar-refractivity contribution is -0.858. The van der Waals surface area contributed by atoms with Crippen molar-refractivity contribution in [3.8, 4) is 0 Å². The Morgan fingerprint density at radius 2 is 1.78 bits per heavy atom. The molecule has 0 spiro atoms. The van der Waals surface area contributed by atoms with Crippen molar-refractivity contribution >= 4 is 17.4 Å². The van der Waals surface area contributed by atoms with Gasteiger partial charge < -0.3 is 14.9 Å². The number of hydrogen-bond acceptors (Lipinski definition) is 4. The summed E-state index contributed by atoms with van der Waals surface area (Å²) >= 11 is 0. The second-order valence-electron chi connectivity index (χ2n) is 6.95. The van der Waals surface area contributed by atoms with E-state index >= 15 is 0 Å². The smallest absolute Gasteiger partial charge is 0.295 e. The van der Waals surface area contributed by atoms with Crippen molar-refractivity contribution in [3.05, 3.63) is 71.6 Å². The number of ketones is 1. The molecule has 1 aliphatic rings. The van der Waals surface area contributed by atoms with E-state index in [2.05, 4.69) is 4.98 Å². The number of aromatic nitrogens is 1. The Morgan fingerprint density at radius 1 is 1.11 bits per heavy atom. The second-order valence-corrected chi connectivity index (χ2v) is 6.95. The molecule has 1 aromatic carbocycles. The number of pyridine rings is 1. The van der Waals surface area contributed by atoms with Crippen molar-refractivity contribution in [2.75, 3.05) is 27.2 Å². The van der Waals surface area contributed by atoms with Gasteiger partial charge in [-0.3, -0.25) is 14.6 Å². The highest BCUT2D eigenvalue weighted by molar-refractivity contribution is 6.46. The molecule has 6 heteroatoms. The first-order valence-corrected chi connectivity index (χ1v) is 9.03. The third-order valence-corrected chi connectivity index (χ3v) is 4.68. The summed E-state index contributed by atoms with van der Waals surface area (Å²) in [5, 5.41) is 10.8. The van der Waals surface area contributed by atoms with E-state index in [4.69, 9.17) is 0 Å². The van der Waals surface area contributed by atoms with Crippen molar-refractivity contribution in [1.29, 1.82) is 0 Å². The molecule has 6 nitrogen and oxygen atoms in total. The Morgan fingerprint density at radius 3 is 2.41 bits per heavy atom. The average molecular weight is 366 g/mol. The normalized spacial score (nSPS) is 19.1. The Balaban J connectivity index is 2.05. The van der Waals surface area contributed by atoms with Crippen LogP contribution in [0.4, 0.5) is 0 Å². The molecule has 1 aliphatic heterocycles. The number of aliphatic hydroxyl groups is 1. The van der Waals surface area contributed by atoms with Crippen molar-refractivity contribution in [3.63, 3.8) is 0 Å². The molecule has 3 rings (SSSR count). The fraction of sp³-hybridized carbons (Fsp3) is 0.286. The van der Waals surface area contributed by atoms with Crippen LogP contribution in [0.25, 0.3) is 5.76 Å². The number of nitrogens with one attached hydrogen (secondary N) is 1. The zero-order valence-corrected chi connectivity index (χ0v) is 15.6. The molecule has 1 fully saturated rings. The first-order chi connectivity index (χ1) is 13.0. The summed E-state index contributed by atoms with van der Waals surface area (Å²) in [6.45, 7) is 1.33. The van der Waals surface area contributed by atoms with Crippen LogP contribution in [0, 0.1) is 0 Å².